The number of rotatable bonds is 7. The second-order valence-electron chi connectivity index (χ2n) is 6.38. The number of imidazole rings is 2. The zero-order chi connectivity index (χ0) is 19.3. The monoisotopic (exact) mass is 377 g/mol. The Morgan fingerprint density at radius 2 is 1.96 bits per heavy atom. The molecule has 0 fully saturated rings. The number of anilines is 1. The molecule has 8 heteroatoms. The predicted molar refractivity (Wildman–Crippen MR) is 105 cm³/mol. The van der Waals surface area contributed by atoms with Gasteiger partial charge in [0.15, 0.2) is 5.82 Å². The van der Waals surface area contributed by atoms with Crippen LogP contribution in [0.15, 0.2) is 61.6 Å². The summed E-state index contributed by atoms with van der Waals surface area (Å²) in [7, 11) is 1.88. The Morgan fingerprint density at radius 3 is 2.71 bits per heavy atom. The van der Waals surface area contributed by atoms with E-state index in [1.54, 1.807) is 43.1 Å². The normalized spacial score (nSPS) is 10.9. The molecule has 142 valence electrons. The zero-order valence-electron chi connectivity index (χ0n) is 15.5. The molecule has 28 heavy (non-hydrogen) atoms. The van der Waals surface area contributed by atoms with Gasteiger partial charge in [-0.05, 0) is 12.5 Å². The van der Waals surface area contributed by atoms with Crippen LogP contribution in [-0.4, -0.2) is 35.6 Å². The summed E-state index contributed by atoms with van der Waals surface area (Å²) in [6.45, 7) is 1.56. The van der Waals surface area contributed by atoms with Gasteiger partial charge < -0.3 is 14.5 Å². The van der Waals surface area contributed by atoms with Crippen LogP contribution in [0, 0.1) is 5.82 Å². The van der Waals surface area contributed by atoms with E-state index in [1.807, 2.05) is 28.6 Å². The number of hydrogen-bond donors (Lipinski definition) is 1. The van der Waals surface area contributed by atoms with Crippen LogP contribution >= 0.6 is 0 Å². The quantitative estimate of drug-likeness (QED) is 0.500. The van der Waals surface area contributed by atoms with Gasteiger partial charge >= 0.3 is 0 Å². The van der Waals surface area contributed by atoms with E-state index < -0.39 is 0 Å². The van der Waals surface area contributed by atoms with Gasteiger partial charge in [0.2, 0.25) is 5.95 Å². The Morgan fingerprint density at radius 1 is 1.07 bits per heavy atom. The first-order valence-electron chi connectivity index (χ1n) is 9.01. The summed E-state index contributed by atoms with van der Waals surface area (Å²) < 4.78 is 18.2. The molecule has 0 atom stereocenters. The molecule has 4 aromatic rings. The molecule has 0 bridgehead atoms. The van der Waals surface area contributed by atoms with Crippen LogP contribution in [-0.2, 0) is 13.6 Å². The molecule has 0 saturated heterocycles. The molecule has 0 aliphatic rings. The Kier molecular flexibility index (Phi) is 5.09. The van der Waals surface area contributed by atoms with Gasteiger partial charge in [-0.1, -0.05) is 18.2 Å². The average molecular weight is 377 g/mol. The molecule has 0 unspecified atom stereocenters. The maximum Gasteiger partial charge on any atom is 0.223 e. The minimum absolute atomic E-state index is 0.317. The van der Waals surface area contributed by atoms with E-state index >= 15 is 0 Å². The Bertz CT molecular complexity index is 1060. The Labute approximate surface area is 161 Å². The number of benzene rings is 1. The highest BCUT2D eigenvalue weighted by molar-refractivity contribution is 5.78. The van der Waals surface area contributed by atoms with Gasteiger partial charge in [-0.3, -0.25) is 0 Å². The number of nitrogens with zero attached hydrogens (tertiary/aromatic N) is 6. The van der Waals surface area contributed by atoms with Crippen molar-refractivity contribution in [3.05, 3.63) is 67.4 Å². The van der Waals surface area contributed by atoms with Gasteiger partial charge in [0.05, 0.1) is 6.33 Å². The summed E-state index contributed by atoms with van der Waals surface area (Å²) in [6, 6.07) is 6.61. The van der Waals surface area contributed by atoms with Crippen molar-refractivity contribution in [1.82, 2.24) is 29.1 Å². The van der Waals surface area contributed by atoms with Crippen molar-refractivity contribution < 1.29 is 4.39 Å². The van der Waals surface area contributed by atoms with Crippen molar-refractivity contribution in [2.24, 2.45) is 7.05 Å². The predicted octanol–water partition coefficient (Wildman–Crippen LogP) is 3.38. The van der Waals surface area contributed by atoms with Crippen molar-refractivity contribution in [1.29, 1.82) is 0 Å². The molecule has 1 aromatic carbocycles. The molecule has 3 heterocycles. The third-order valence-corrected chi connectivity index (χ3v) is 4.42. The second-order valence-corrected chi connectivity index (χ2v) is 6.38. The van der Waals surface area contributed by atoms with Crippen molar-refractivity contribution >= 4 is 5.95 Å². The molecule has 3 aromatic heterocycles. The standard InChI is InChI=1S/C20H20FN7/c1-27-11-9-23-19(27)18-16(15-5-2-3-6-17(15)21)13-25-20(26-18)24-7-4-10-28-12-8-22-14-28/h2-3,5-6,8-9,11-14H,4,7,10H2,1H3,(H,24,25,26). The second kappa shape index (κ2) is 7.99. The highest BCUT2D eigenvalue weighted by Crippen LogP contribution is 2.31. The lowest BCUT2D eigenvalue weighted by molar-refractivity contribution is 0.631. The van der Waals surface area contributed by atoms with E-state index in [2.05, 4.69) is 25.3 Å². The fraction of sp³-hybridized carbons (Fsp3) is 0.200. The Balaban J connectivity index is 1.60. The van der Waals surface area contributed by atoms with Gasteiger partial charge in [0, 0.05) is 62.2 Å². The number of halogens is 1. The topological polar surface area (TPSA) is 73.5 Å². The van der Waals surface area contributed by atoms with Crippen LogP contribution < -0.4 is 5.32 Å². The Hall–Kier alpha value is -3.55. The number of hydrogen-bond acceptors (Lipinski definition) is 5. The molecular formula is C20H20FN7. The lowest BCUT2D eigenvalue weighted by atomic mass is 10.0. The first-order valence-corrected chi connectivity index (χ1v) is 9.01. The molecule has 0 spiro atoms. The summed E-state index contributed by atoms with van der Waals surface area (Å²) >= 11 is 0. The van der Waals surface area contributed by atoms with Crippen molar-refractivity contribution in [3.8, 4) is 22.6 Å². The van der Waals surface area contributed by atoms with Gasteiger partial charge in [-0.25, -0.2) is 24.3 Å². The van der Waals surface area contributed by atoms with Crippen molar-refractivity contribution in [2.45, 2.75) is 13.0 Å². The fourth-order valence-corrected chi connectivity index (χ4v) is 2.99. The summed E-state index contributed by atoms with van der Waals surface area (Å²) in [4.78, 5) is 17.4. The average Bonchev–Trinajstić information content (AvgIpc) is 3.37. The van der Waals surface area contributed by atoms with Crippen molar-refractivity contribution in [3.63, 3.8) is 0 Å². The molecule has 7 nitrogen and oxygen atoms in total. The van der Waals surface area contributed by atoms with Crippen LogP contribution in [0.25, 0.3) is 22.6 Å². The van der Waals surface area contributed by atoms with Crippen LogP contribution in [0.1, 0.15) is 6.42 Å². The van der Waals surface area contributed by atoms with E-state index in [0.29, 0.717) is 35.1 Å². The molecule has 0 saturated carbocycles. The van der Waals surface area contributed by atoms with Gasteiger partial charge in [0.1, 0.15) is 11.5 Å². The molecule has 0 amide bonds. The summed E-state index contributed by atoms with van der Waals surface area (Å²) in [5.74, 6) is 0.827. The van der Waals surface area contributed by atoms with E-state index in [4.69, 9.17) is 0 Å². The minimum atomic E-state index is -0.317. The lowest BCUT2D eigenvalue weighted by Gasteiger charge is -2.12. The molecule has 0 radical (unpaired) electrons. The van der Waals surface area contributed by atoms with Gasteiger partial charge in [-0.2, -0.15) is 0 Å². The SMILES string of the molecule is Cn1ccnc1-c1nc(NCCCn2ccnc2)ncc1-c1ccccc1F. The fourth-order valence-electron chi connectivity index (χ4n) is 2.99. The lowest BCUT2D eigenvalue weighted by Crippen LogP contribution is -2.10. The maximum absolute atomic E-state index is 14.4. The van der Waals surface area contributed by atoms with Crippen LogP contribution in [0.5, 0.6) is 0 Å². The zero-order valence-corrected chi connectivity index (χ0v) is 15.5. The highest BCUT2D eigenvalue weighted by Gasteiger charge is 2.17. The molecule has 0 aliphatic carbocycles. The third kappa shape index (κ3) is 3.75. The number of aromatic nitrogens is 6. The molecular weight excluding hydrogens is 357 g/mol. The van der Waals surface area contributed by atoms with Crippen LogP contribution in [0.4, 0.5) is 10.3 Å². The van der Waals surface area contributed by atoms with E-state index in [-0.39, 0.29) is 5.82 Å². The number of aryl methyl sites for hydroxylation is 2. The third-order valence-electron chi connectivity index (χ3n) is 4.42. The minimum Gasteiger partial charge on any atom is -0.354 e. The van der Waals surface area contributed by atoms with Crippen LogP contribution in [0.2, 0.25) is 0 Å². The molecule has 0 aliphatic heterocycles. The van der Waals surface area contributed by atoms with Gasteiger partial charge in [-0.15, -0.1) is 0 Å². The van der Waals surface area contributed by atoms with Crippen LogP contribution in [0.3, 0.4) is 0 Å². The largest absolute Gasteiger partial charge is 0.354 e. The van der Waals surface area contributed by atoms with E-state index in [9.17, 15) is 4.39 Å². The van der Waals surface area contributed by atoms with Gasteiger partial charge in [0.25, 0.3) is 0 Å². The highest BCUT2D eigenvalue weighted by atomic mass is 19.1. The summed E-state index contributed by atoms with van der Waals surface area (Å²) in [5, 5.41) is 3.24. The van der Waals surface area contributed by atoms with Crippen molar-refractivity contribution in [2.75, 3.05) is 11.9 Å². The molecule has 4 rings (SSSR count). The first-order chi connectivity index (χ1) is 13.7. The molecule has 1 N–H and O–H groups in total. The van der Waals surface area contributed by atoms with E-state index in [1.165, 1.54) is 6.07 Å². The maximum atomic E-state index is 14.4. The first kappa shape index (κ1) is 17.8. The summed E-state index contributed by atoms with van der Waals surface area (Å²) in [5.41, 5.74) is 1.65. The number of nitrogens with one attached hydrogen (secondary N) is 1. The smallest absolute Gasteiger partial charge is 0.223 e. The van der Waals surface area contributed by atoms with E-state index in [0.717, 1.165) is 13.0 Å². The summed E-state index contributed by atoms with van der Waals surface area (Å²) in [6.07, 6.45) is 11.6.